The highest BCUT2D eigenvalue weighted by Gasteiger charge is 2.03. The number of phenols is 1. The van der Waals surface area contributed by atoms with Crippen LogP contribution in [0.5, 0.6) is 5.75 Å². The minimum atomic E-state index is 0.315. The highest BCUT2D eigenvalue weighted by atomic mass is 32.1. The van der Waals surface area contributed by atoms with Gasteiger partial charge in [0, 0.05) is 9.58 Å². The van der Waals surface area contributed by atoms with Gasteiger partial charge in [-0.15, -0.1) is 11.3 Å². The fourth-order valence-electron chi connectivity index (χ4n) is 1.78. The summed E-state index contributed by atoms with van der Waals surface area (Å²) in [6.45, 7) is 0. The fraction of sp³-hybridized carbons (Fsp3) is 0. The van der Waals surface area contributed by atoms with E-state index in [1.807, 2.05) is 24.3 Å². The summed E-state index contributed by atoms with van der Waals surface area (Å²) in [5.41, 5.74) is 1.07. The number of fused-ring (bicyclic) bond motifs is 1. The second-order valence-electron chi connectivity index (χ2n) is 3.70. The Balaban J connectivity index is 2.19. The van der Waals surface area contributed by atoms with Crippen molar-refractivity contribution in [2.24, 2.45) is 0 Å². The predicted molar refractivity (Wildman–Crippen MR) is 68.9 cm³/mol. The Bertz CT molecular complexity index is 607. The van der Waals surface area contributed by atoms with E-state index < -0.39 is 0 Å². The van der Waals surface area contributed by atoms with Crippen molar-refractivity contribution in [1.82, 2.24) is 0 Å². The standard InChI is InChI=1S/C14H10OS/c15-12-6-3-5-10(8-12)14-9-11-4-1-2-7-13(11)16-14/h1-9,15H. The van der Waals surface area contributed by atoms with Gasteiger partial charge in [-0.1, -0.05) is 30.3 Å². The molecule has 3 aromatic rings. The quantitative estimate of drug-likeness (QED) is 0.656. The van der Waals surface area contributed by atoms with Gasteiger partial charge in [-0.25, -0.2) is 0 Å². The molecular weight excluding hydrogens is 216 g/mol. The van der Waals surface area contributed by atoms with Crippen LogP contribution < -0.4 is 0 Å². The van der Waals surface area contributed by atoms with E-state index in [2.05, 4.69) is 18.2 Å². The second-order valence-corrected chi connectivity index (χ2v) is 4.78. The Morgan fingerprint density at radius 2 is 1.75 bits per heavy atom. The molecule has 0 aliphatic heterocycles. The minimum absolute atomic E-state index is 0.315. The first-order valence-corrected chi connectivity index (χ1v) is 5.92. The van der Waals surface area contributed by atoms with Crippen LogP contribution in [0.3, 0.4) is 0 Å². The normalized spacial score (nSPS) is 10.8. The molecule has 78 valence electrons. The third-order valence-electron chi connectivity index (χ3n) is 2.56. The first-order chi connectivity index (χ1) is 7.83. The third-order valence-corrected chi connectivity index (χ3v) is 3.72. The highest BCUT2D eigenvalue weighted by Crippen LogP contribution is 2.34. The van der Waals surface area contributed by atoms with Gasteiger partial charge in [0.2, 0.25) is 0 Å². The highest BCUT2D eigenvalue weighted by molar-refractivity contribution is 7.22. The Morgan fingerprint density at radius 3 is 2.56 bits per heavy atom. The molecule has 0 radical (unpaired) electrons. The molecule has 0 saturated heterocycles. The van der Waals surface area contributed by atoms with Crippen molar-refractivity contribution in [3.05, 3.63) is 54.6 Å². The van der Waals surface area contributed by atoms with E-state index in [0.717, 1.165) is 5.56 Å². The maximum absolute atomic E-state index is 9.45. The average Bonchev–Trinajstić information content (AvgIpc) is 2.72. The van der Waals surface area contributed by atoms with Gasteiger partial charge >= 0.3 is 0 Å². The molecule has 0 aliphatic rings. The van der Waals surface area contributed by atoms with Crippen LogP contribution in [0.2, 0.25) is 0 Å². The average molecular weight is 226 g/mol. The van der Waals surface area contributed by atoms with E-state index in [0.29, 0.717) is 5.75 Å². The number of phenolic OH excluding ortho intramolecular Hbond substituents is 1. The summed E-state index contributed by atoms with van der Waals surface area (Å²) < 4.78 is 1.28. The number of rotatable bonds is 1. The predicted octanol–water partition coefficient (Wildman–Crippen LogP) is 4.27. The van der Waals surface area contributed by atoms with Crippen LogP contribution >= 0.6 is 11.3 Å². The third kappa shape index (κ3) is 1.57. The van der Waals surface area contributed by atoms with Gasteiger partial charge in [-0.05, 0) is 35.2 Å². The molecular formula is C14H10OS. The molecule has 2 aromatic carbocycles. The van der Waals surface area contributed by atoms with Crippen LogP contribution in [0.4, 0.5) is 0 Å². The molecule has 16 heavy (non-hydrogen) atoms. The lowest BCUT2D eigenvalue weighted by atomic mass is 10.1. The lowest BCUT2D eigenvalue weighted by Crippen LogP contribution is -1.70. The van der Waals surface area contributed by atoms with E-state index in [4.69, 9.17) is 0 Å². The summed E-state index contributed by atoms with van der Waals surface area (Å²) in [6, 6.07) is 17.9. The Kier molecular flexibility index (Phi) is 2.15. The molecule has 1 N–H and O–H groups in total. The molecule has 0 unspecified atom stereocenters. The molecule has 0 spiro atoms. The van der Waals surface area contributed by atoms with Crippen LogP contribution in [0.1, 0.15) is 0 Å². The van der Waals surface area contributed by atoms with E-state index in [1.54, 1.807) is 23.5 Å². The van der Waals surface area contributed by atoms with E-state index >= 15 is 0 Å². The zero-order chi connectivity index (χ0) is 11.0. The number of hydrogen-bond donors (Lipinski definition) is 1. The van der Waals surface area contributed by atoms with Gasteiger partial charge in [-0.2, -0.15) is 0 Å². The summed E-state index contributed by atoms with van der Waals surface area (Å²) in [5, 5.41) is 10.7. The molecule has 0 atom stereocenters. The number of thiophene rings is 1. The van der Waals surface area contributed by atoms with Crippen molar-refractivity contribution >= 4 is 21.4 Å². The van der Waals surface area contributed by atoms with Crippen molar-refractivity contribution in [1.29, 1.82) is 0 Å². The van der Waals surface area contributed by atoms with Gasteiger partial charge in [0.15, 0.2) is 0 Å². The summed E-state index contributed by atoms with van der Waals surface area (Å²) in [5.74, 6) is 0.315. The molecule has 1 nitrogen and oxygen atoms in total. The van der Waals surface area contributed by atoms with Gasteiger partial charge in [-0.3, -0.25) is 0 Å². The Labute approximate surface area is 97.6 Å². The summed E-state index contributed by atoms with van der Waals surface area (Å²) >= 11 is 1.75. The Morgan fingerprint density at radius 1 is 0.875 bits per heavy atom. The van der Waals surface area contributed by atoms with E-state index in [1.165, 1.54) is 15.0 Å². The summed E-state index contributed by atoms with van der Waals surface area (Å²) in [7, 11) is 0. The molecule has 0 fully saturated rings. The van der Waals surface area contributed by atoms with Crippen molar-refractivity contribution < 1.29 is 5.11 Å². The fourth-order valence-corrected chi connectivity index (χ4v) is 2.84. The van der Waals surface area contributed by atoms with Gasteiger partial charge < -0.3 is 5.11 Å². The smallest absolute Gasteiger partial charge is 0.116 e. The zero-order valence-electron chi connectivity index (χ0n) is 8.55. The molecule has 0 bridgehead atoms. The van der Waals surface area contributed by atoms with Crippen LogP contribution in [0.15, 0.2) is 54.6 Å². The molecule has 0 amide bonds. The molecule has 2 heteroatoms. The van der Waals surface area contributed by atoms with Crippen molar-refractivity contribution in [3.8, 4) is 16.2 Å². The largest absolute Gasteiger partial charge is 0.508 e. The number of benzene rings is 2. The monoisotopic (exact) mass is 226 g/mol. The minimum Gasteiger partial charge on any atom is -0.508 e. The maximum atomic E-state index is 9.45. The summed E-state index contributed by atoms with van der Waals surface area (Å²) in [6.07, 6.45) is 0. The topological polar surface area (TPSA) is 20.2 Å². The lowest BCUT2D eigenvalue weighted by molar-refractivity contribution is 0.475. The molecule has 0 saturated carbocycles. The number of hydrogen-bond acceptors (Lipinski definition) is 2. The van der Waals surface area contributed by atoms with Gasteiger partial charge in [0.05, 0.1) is 0 Å². The molecule has 1 aromatic heterocycles. The van der Waals surface area contributed by atoms with Crippen molar-refractivity contribution in [3.63, 3.8) is 0 Å². The maximum Gasteiger partial charge on any atom is 0.116 e. The number of aromatic hydroxyl groups is 1. The van der Waals surface area contributed by atoms with Gasteiger partial charge in [0.1, 0.15) is 5.75 Å². The van der Waals surface area contributed by atoms with Crippen LogP contribution in [0.25, 0.3) is 20.5 Å². The summed E-state index contributed by atoms with van der Waals surface area (Å²) in [4.78, 5) is 1.19. The second kappa shape index (κ2) is 3.65. The van der Waals surface area contributed by atoms with Gasteiger partial charge in [0.25, 0.3) is 0 Å². The molecule has 0 aliphatic carbocycles. The molecule has 1 heterocycles. The molecule has 3 rings (SSSR count). The van der Waals surface area contributed by atoms with Crippen LogP contribution in [-0.4, -0.2) is 5.11 Å². The van der Waals surface area contributed by atoms with Crippen LogP contribution in [-0.2, 0) is 0 Å². The zero-order valence-corrected chi connectivity index (χ0v) is 9.37. The first-order valence-electron chi connectivity index (χ1n) is 5.11. The van der Waals surface area contributed by atoms with Crippen molar-refractivity contribution in [2.45, 2.75) is 0 Å². The SMILES string of the molecule is Oc1cccc(-c2cc3ccccc3s2)c1. The van der Waals surface area contributed by atoms with E-state index in [-0.39, 0.29) is 0 Å². The van der Waals surface area contributed by atoms with E-state index in [9.17, 15) is 5.11 Å². The van der Waals surface area contributed by atoms with Crippen LogP contribution in [0, 0.1) is 0 Å². The Hall–Kier alpha value is -1.80. The first kappa shape index (κ1) is 9.43. The van der Waals surface area contributed by atoms with Crippen molar-refractivity contribution in [2.75, 3.05) is 0 Å². The lowest BCUT2D eigenvalue weighted by Gasteiger charge is -1.96.